The van der Waals surface area contributed by atoms with Gasteiger partial charge in [-0.25, -0.2) is 5.10 Å². The van der Waals surface area contributed by atoms with Crippen LogP contribution in [0.3, 0.4) is 0 Å². The Bertz CT molecular complexity index is 592. The number of aromatic nitrogens is 3. The summed E-state index contributed by atoms with van der Waals surface area (Å²) in [5.41, 5.74) is 5.46. The third-order valence-corrected chi connectivity index (χ3v) is 4.80. The molecule has 0 bridgehead atoms. The van der Waals surface area contributed by atoms with Gasteiger partial charge in [-0.1, -0.05) is 6.42 Å². The lowest BCUT2D eigenvalue weighted by Crippen LogP contribution is -2.28. The standard InChI is InChI=1S/C15H24N6OS/c16-14-18-15(20-19-14)17-6-9-23-11-13-5-4-12(22-13)10-21-7-2-1-3-8-21/h4-5H,1-3,6-11H2,(H4,16,17,18,19,20). The zero-order valence-corrected chi connectivity index (χ0v) is 14.1. The number of anilines is 2. The number of aromatic amines is 1. The van der Waals surface area contributed by atoms with Crippen LogP contribution in [0.5, 0.6) is 0 Å². The number of nitrogens with two attached hydrogens (primary N) is 1. The molecule has 1 fully saturated rings. The Kier molecular flexibility index (Phi) is 5.82. The van der Waals surface area contributed by atoms with Crippen molar-refractivity contribution in [3.8, 4) is 0 Å². The maximum atomic E-state index is 5.93. The highest BCUT2D eigenvalue weighted by molar-refractivity contribution is 7.98. The third-order valence-electron chi connectivity index (χ3n) is 3.82. The molecule has 4 N–H and O–H groups in total. The number of piperidine rings is 1. The first-order chi connectivity index (χ1) is 11.3. The van der Waals surface area contributed by atoms with Gasteiger partial charge in [0.15, 0.2) is 0 Å². The zero-order chi connectivity index (χ0) is 15.9. The van der Waals surface area contributed by atoms with Crippen LogP contribution in [0, 0.1) is 0 Å². The van der Waals surface area contributed by atoms with E-state index in [0.717, 1.165) is 36.1 Å². The number of hydrogen-bond donors (Lipinski definition) is 3. The van der Waals surface area contributed by atoms with E-state index in [1.165, 1.54) is 32.4 Å². The van der Waals surface area contributed by atoms with Crippen LogP contribution in [0.4, 0.5) is 11.9 Å². The number of nitrogen functional groups attached to an aromatic ring is 1. The van der Waals surface area contributed by atoms with Crippen molar-refractivity contribution in [3.63, 3.8) is 0 Å². The minimum Gasteiger partial charge on any atom is -0.464 e. The van der Waals surface area contributed by atoms with E-state index in [1.807, 2.05) is 11.8 Å². The predicted octanol–water partition coefficient (Wildman–Crippen LogP) is 2.31. The number of hydrogen-bond acceptors (Lipinski definition) is 7. The molecular formula is C15H24N6OS. The summed E-state index contributed by atoms with van der Waals surface area (Å²) < 4.78 is 5.93. The van der Waals surface area contributed by atoms with Crippen molar-refractivity contribution in [2.75, 3.05) is 36.4 Å². The first-order valence-electron chi connectivity index (χ1n) is 8.09. The van der Waals surface area contributed by atoms with Crippen molar-refractivity contribution in [2.24, 2.45) is 0 Å². The van der Waals surface area contributed by atoms with Crippen LogP contribution in [0.25, 0.3) is 0 Å². The first-order valence-corrected chi connectivity index (χ1v) is 9.24. The second kappa shape index (κ2) is 8.26. The van der Waals surface area contributed by atoms with Gasteiger partial charge in [-0.2, -0.15) is 16.7 Å². The van der Waals surface area contributed by atoms with Crippen molar-refractivity contribution in [3.05, 3.63) is 23.7 Å². The Morgan fingerprint density at radius 3 is 2.87 bits per heavy atom. The average Bonchev–Trinajstić information content (AvgIpc) is 3.17. The van der Waals surface area contributed by atoms with Crippen molar-refractivity contribution < 1.29 is 4.42 Å². The summed E-state index contributed by atoms with van der Waals surface area (Å²) in [4.78, 5) is 6.47. The minimum absolute atomic E-state index is 0.331. The maximum Gasteiger partial charge on any atom is 0.243 e. The fourth-order valence-electron chi connectivity index (χ4n) is 2.68. The summed E-state index contributed by atoms with van der Waals surface area (Å²) in [6.45, 7) is 4.13. The Labute approximate surface area is 140 Å². The number of likely N-dealkylation sites (tertiary alicyclic amines) is 1. The van der Waals surface area contributed by atoms with E-state index in [-0.39, 0.29) is 0 Å². The quantitative estimate of drug-likeness (QED) is 0.637. The molecule has 0 spiro atoms. The number of H-pyrrole nitrogens is 1. The molecule has 2 aromatic heterocycles. The smallest absolute Gasteiger partial charge is 0.243 e. The summed E-state index contributed by atoms with van der Waals surface area (Å²) in [5.74, 6) is 4.84. The minimum atomic E-state index is 0.331. The molecule has 2 aromatic rings. The van der Waals surface area contributed by atoms with Crippen molar-refractivity contribution in [2.45, 2.75) is 31.6 Å². The monoisotopic (exact) mass is 336 g/mol. The van der Waals surface area contributed by atoms with E-state index in [9.17, 15) is 0 Å². The SMILES string of the molecule is Nc1nc(NCCSCc2ccc(CN3CCCCC3)o2)n[nH]1. The van der Waals surface area contributed by atoms with Gasteiger partial charge in [-0.15, -0.1) is 5.10 Å². The topological polar surface area (TPSA) is 96.0 Å². The summed E-state index contributed by atoms with van der Waals surface area (Å²) >= 11 is 1.82. The first kappa shape index (κ1) is 16.2. The molecule has 0 saturated carbocycles. The fourth-order valence-corrected chi connectivity index (χ4v) is 3.43. The van der Waals surface area contributed by atoms with E-state index >= 15 is 0 Å². The van der Waals surface area contributed by atoms with E-state index in [4.69, 9.17) is 10.2 Å². The van der Waals surface area contributed by atoms with Gasteiger partial charge in [0.05, 0.1) is 12.3 Å². The maximum absolute atomic E-state index is 5.93. The molecule has 0 atom stereocenters. The summed E-state index contributed by atoms with van der Waals surface area (Å²) in [7, 11) is 0. The normalized spacial score (nSPS) is 15.8. The molecule has 0 amide bonds. The molecule has 3 rings (SSSR count). The van der Waals surface area contributed by atoms with E-state index in [0.29, 0.717) is 11.9 Å². The molecule has 8 heteroatoms. The van der Waals surface area contributed by atoms with E-state index in [2.05, 4.69) is 37.5 Å². The Morgan fingerprint density at radius 2 is 2.09 bits per heavy atom. The van der Waals surface area contributed by atoms with Gasteiger partial charge in [-0.3, -0.25) is 4.90 Å². The molecule has 0 radical (unpaired) electrons. The third kappa shape index (κ3) is 5.18. The molecule has 1 aliphatic rings. The molecule has 7 nitrogen and oxygen atoms in total. The fraction of sp³-hybridized carbons (Fsp3) is 0.600. The summed E-state index contributed by atoms with van der Waals surface area (Å²) in [6.07, 6.45) is 3.99. The van der Waals surface area contributed by atoms with Gasteiger partial charge in [0.2, 0.25) is 11.9 Å². The largest absolute Gasteiger partial charge is 0.464 e. The highest BCUT2D eigenvalue weighted by Gasteiger charge is 2.12. The van der Waals surface area contributed by atoms with Crippen LogP contribution in [0.15, 0.2) is 16.5 Å². The lowest BCUT2D eigenvalue weighted by Gasteiger charge is -2.25. The van der Waals surface area contributed by atoms with Gasteiger partial charge < -0.3 is 15.5 Å². The zero-order valence-electron chi connectivity index (χ0n) is 13.3. The molecule has 0 aliphatic carbocycles. The molecular weight excluding hydrogens is 312 g/mol. The average molecular weight is 336 g/mol. The molecule has 0 aromatic carbocycles. The van der Waals surface area contributed by atoms with Gasteiger partial charge in [-0.05, 0) is 38.1 Å². The van der Waals surface area contributed by atoms with Crippen LogP contribution >= 0.6 is 11.8 Å². The van der Waals surface area contributed by atoms with E-state index in [1.54, 1.807) is 0 Å². The molecule has 1 saturated heterocycles. The van der Waals surface area contributed by atoms with Gasteiger partial charge >= 0.3 is 0 Å². The summed E-state index contributed by atoms with van der Waals surface area (Å²) in [6, 6.07) is 4.20. The van der Waals surface area contributed by atoms with Crippen LogP contribution < -0.4 is 11.1 Å². The molecule has 1 aliphatic heterocycles. The summed E-state index contributed by atoms with van der Waals surface area (Å²) in [5, 5.41) is 9.65. The van der Waals surface area contributed by atoms with Crippen LogP contribution in [0.2, 0.25) is 0 Å². The van der Waals surface area contributed by atoms with Gasteiger partial charge in [0.25, 0.3) is 0 Å². The number of furan rings is 1. The van der Waals surface area contributed by atoms with E-state index < -0.39 is 0 Å². The van der Waals surface area contributed by atoms with Crippen molar-refractivity contribution in [1.82, 2.24) is 20.1 Å². The van der Waals surface area contributed by atoms with Crippen LogP contribution in [0.1, 0.15) is 30.8 Å². The highest BCUT2D eigenvalue weighted by atomic mass is 32.2. The van der Waals surface area contributed by atoms with Crippen LogP contribution in [-0.2, 0) is 12.3 Å². The lowest BCUT2D eigenvalue weighted by atomic mass is 10.1. The highest BCUT2D eigenvalue weighted by Crippen LogP contribution is 2.18. The van der Waals surface area contributed by atoms with Crippen molar-refractivity contribution in [1.29, 1.82) is 0 Å². The number of nitrogens with one attached hydrogen (secondary N) is 2. The van der Waals surface area contributed by atoms with Gasteiger partial charge in [0, 0.05) is 12.3 Å². The molecule has 0 unspecified atom stereocenters. The Hall–Kier alpha value is -1.67. The molecule has 3 heterocycles. The Morgan fingerprint density at radius 1 is 1.26 bits per heavy atom. The van der Waals surface area contributed by atoms with Crippen molar-refractivity contribution >= 4 is 23.7 Å². The van der Waals surface area contributed by atoms with Gasteiger partial charge in [0.1, 0.15) is 11.5 Å². The van der Waals surface area contributed by atoms with Crippen LogP contribution in [-0.4, -0.2) is 45.5 Å². The lowest BCUT2D eigenvalue weighted by molar-refractivity contribution is 0.204. The number of thioether (sulfide) groups is 1. The Balaban J connectivity index is 1.32. The predicted molar refractivity (Wildman–Crippen MR) is 93.3 cm³/mol. The number of nitrogens with zero attached hydrogens (tertiary/aromatic N) is 3. The second-order valence-electron chi connectivity index (χ2n) is 5.73. The second-order valence-corrected chi connectivity index (χ2v) is 6.83. The molecule has 23 heavy (non-hydrogen) atoms. The number of rotatable bonds is 8. The molecule has 126 valence electrons.